The zero-order valence-corrected chi connectivity index (χ0v) is 24.2. The lowest BCUT2D eigenvalue weighted by Crippen LogP contribution is -2.54. The number of carbonyl (C=O) groups is 2. The fraction of sp³-hybridized carbons (Fsp3) is 0.469. The number of nitrogens with one attached hydrogen (secondary N) is 1. The Morgan fingerprint density at radius 2 is 2.00 bits per heavy atom. The second kappa shape index (κ2) is 13.1. The topological polar surface area (TPSA) is 106 Å². The molecule has 0 spiro atoms. The van der Waals surface area contributed by atoms with Crippen molar-refractivity contribution in [3.63, 3.8) is 0 Å². The molecule has 3 atom stereocenters. The SMILES string of the molecule is COC[C@]1(O)CCCC[C@H]1n1cnc(C(=O)N2CCNC[C@H]2CCOc2ccc(C(C)=O)cc2F)c1-c1ccccc1. The van der Waals surface area contributed by atoms with Gasteiger partial charge in [-0.25, -0.2) is 9.37 Å². The predicted molar refractivity (Wildman–Crippen MR) is 156 cm³/mol. The van der Waals surface area contributed by atoms with Crippen molar-refractivity contribution >= 4 is 11.7 Å². The maximum atomic E-state index is 14.5. The number of halogens is 1. The molecule has 10 heteroatoms. The fourth-order valence-electron chi connectivity index (χ4n) is 6.22. The number of methoxy groups -OCH3 is 1. The summed E-state index contributed by atoms with van der Waals surface area (Å²) in [6.07, 6.45) is 5.39. The first-order valence-electron chi connectivity index (χ1n) is 14.6. The van der Waals surface area contributed by atoms with Crippen molar-refractivity contribution in [3.8, 4) is 17.0 Å². The molecule has 2 N–H and O–H groups in total. The van der Waals surface area contributed by atoms with Gasteiger partial charge in [0.2, 0.25) is 0 Å². The first-order chi connectivity index (χ1) is 20.3. The minimum Gasteiger partial charge on any atom is -0.490 e. The number of imidazole rings is 1. The highest BCUT2D eigenvalue weighted by atomic mass is 19.1. The molecule has 1 saturated heterocycles. The van der Waals surface area contributed by atoms with E-state index in [2.05, 4.69) is 10.3 Å². The number of rotatable bonds is 10. The third-order valence-electron chi connectivity index (χ3n) is 8.39. The van der Waals surface area contributed by atoms with Gasteiger partial charge in [-0.15, -0.1) is 0 Å². The Labute approximate surface area is 245 Å². The van der Waals surface area contributed by atoms with E-state index in [1.54, 1.807) is 19.5 Å². The van der Waals surface area contributed by atoms with Crippen LogP contribution in [-0.4, -0.2) is 82.8 Å². The molecule has 1 amide bonds. The largest absolute Gasteiger partial charge is 0.490 e. The van der Waals surface area contributed by atoms with Gasteiger partial charge in [-0.05, 0) is 38.0 Å². The summed E-state index contributed by atoms with van der Waals surface area (Å²) in [6, 6.07) is 13.4. The predicted octanol–water partition coefficient (Wildman–Crippen LogP) is 4.27. The van der Waals surface area contributed by atoms with Gasteiger partial charge >= 0.3 is 0 Å². The van der Waals surface area contributed by atoms with Gasteiger partial charge < -0.3 is 29.4 Å². The standard InChI is InChI=1S/C32H39FN4O5/c1-22(38)24-11-12-27(26(33)18-24)42-17-13-25-19-34-15-16-36(25)31(39)29-30(23-8-4-3-5-9-23)37(21-35-29)28-10-6-7-14-32(28,40)20-41-2/h3-5,8-9,11-12,18,21,25,28,34,40H,6-7,10,13-17,19-20H2,1-2H3/t25-,28-,32-/m1/s1. The summed E-state index contributed by atoms with van der Waals surface area (Å²) in [5.74, 6) is -0.927. The summed E-state index contributed by atoms with van der Waals surface area (Å²) in [6.45, 7) is 3.48. The quantitative estimate of drug-likeness (QED) is 0.346. The van der Waals surface area contributed by atoms with E-state index < -0.39 is 11.4 Å². The average molecular weight is 579 g/mol. The lowest BCUT2D eigenvalue weighted by atomic mass is 9.80. The molecule has 2 aromatic carbocycles. The number of aliphatic hydroxyl groups is 1. The van der Waals surface area contributed by atoms with Crippen molar-refractivity contribution in [3.05, 3.63) is 71.9 Å². The minimum absolute atomic E-state index is 0.0720. The van der Waals surface area contributed by atoms with Crippen LogP contribution in [0.15, 0.2) is 54.9 Å². The number of hydrogen-bond donors (Lipinski definition) is 2. The fourth-order valence-corrected chi connectivity index (χ4v) is 6.22. The molecule has 5 rings (SSSR count). The van der Waals surface area contributed by atoms with Gasteiger partial charge in [0.1, 0.15) is 5.60 Å². The van der Waals surface area contributed by atoms with Gasteiger partial charge in [-0.3, -0.25) is 9.59 Å². The van der Waals surface area contributed by atoms with Crippen molar-refractivity contribution in [1.29, 1.82) is 0 Å². The number of benzene rings is 2. The average Bonchev–Trinajstić information content (AvgIpc) is 3.43. The first-order valence-corrected chi connectivity index (χ1v) is 14.6. The van der Waals surface area contributed by atoms with Gasteiger partial charge in [0.05, 0.1) is 31.3 Å². The number of Topliss-reactive ketones (excluding diaryl/α,β-unsaturated/α-hetero) is 1. The van der Waals surface area contributed by atoms with Crippen LogP contribution in [0.4, 0.5) is 4.39 Å². The summed E-state index contributed by atoms with van der Waals surface area (Å²) < 4.78 is 27.6. The van der Waals surface area contributed by atoms with Gasteiger partial charge in [-0.2, -0.15) is 0 Å². The Kier molecular flexibility index (Phi) is 9.35. The number of nitrogens with zero attached hydrogens (tertiary/aromatic N) is 3. The molecule has 3 aromatic rings. The highest BCUT2D eigenvalue weighted by molar-refractivity contribution is 5.98. The van der Waals surface area contributed by atoms with Crippen LogP contribution < -0.4 is 10.1 Å². The molecule has 1 aliphatic heterocycles. The zero-order chi connectivity index (χ0) is 29.7. The summed E-state index contributed by atoms with van der Waals surface area (Å²) in [7, 11) is 1.59. The van der Waals surface area contributed by atoms with E-state index in [1.165, 1.54) is 19.1 Å². The number of piperazine rings is 1. The van der Waals surface area contributed by atoms with Crippen LogP contribution in [0.3, 0.4) is 0 Å². The lowest BCUT2D eigenvalue weighted by molar-refractivity contribution is -0.0893. The number of aromatic nitrogens is 2. The third-order valence-corrected chi connectivity index (χ3v) is 8.39. The smallest absolute Gasteiger partial charge is 0.275 e. The van der Waals surface area contributed by atoms with Crippen LogP contribution in [0.2, 0.25) is 0 Å². The van der Waals surface area contributed by atoms with E-state index in [9.17, 15) is 19.1 Å². The van der Waals surface area contributed by atoms with Crippen LogP contribution in [0.1, 0.15) is 65.9 Å². The molecule has 0 bridgehead atoms. The number of carbonyl (C=O) groups excluding carboxylic acids is 2. The lowest BCUT2D eigenvalue weighted by Gasteiger charge is -2.41. The Hall–Kier alpha value is -3.60. The van der Waals surface area contributed by atoms with Crippen molar-refractivity contribution in [2.45, 2.75) is 56.7 Å². The molecule has 1 saturated carbocycles. The molecule has 224 valence electrons. The van der Waals surface area contributed by atoms with Gasteiger partial charge in [0.15, 0.2) is 23.0 Å². The van der Waals surface area contributed by atoms with Crippen LogP contribution in [0.25, 0.3) is 11.3 Å². The Balaban J connectivity index is 1.39. The monoisotopic (exact) mass is 578 g/mol. The van der Waals surface area contributed by atoms with Crippen LogP contribution >= 0.6 is 0 Å². The molecule has 1 aliphatic carbocycles. The van der Waals surface area contributed by atoms with Crippen molar-refractivity contribution in [2.24, 2.45) is 0 Å². The molecule has 2 fully saturated rings. The maximum absolute atomic E-state index is 14.5. The summed E-state index contributed by atoms with van der Waals surface area (Å²) in [5.41, 5.74) is 1.09. The molecular formula is C32H39FN4O5. The molecule has 1 aromatic heterocycles. The normalized spacial score (nSPS) is 22.6. The third kappa shape index (κ3) is 6.25. The Morgan fingerprint density at radius 3 is 2.74 bits per heavy atom. The van der Waals surface area contributed by atoms with E-state index in [0.717, 1.165) is 24.8 Å². The number of hydrogen-bond acceptors (Lipinski definition) is 7. The first kappa shape index (κ1) is 29.9. The highest BCUT2D eigenvalue weighted by Gasteiger charge is 2.42. The molecule has 0 radical (unpaired) electrons. The molecule has 0 unspecified atom stereocenters. The van der Waals surface area contributed by atoms with Crippen molar-refractivity contribution in [1.82, 2.24) is 19.8 Å². The van der Waals surface area contributed by atoms with Crippen molar-refractivity contribution in [2.75, 3.05) is 40.0 Å². The van der Waals surface area contributed by atoms with E-state index in [4.69, 9.17) is 9.47 Å². The van der Waals surface area contributed by atoms with Crippen LogP contribution in [0.5, 0.6) is 5.75 Å². The van der Waals surface area contributed by atoms with E-state index in [1.807, 2.05) is 39.8 Å². The van der Waals surface area contributed by atoms with E-state index in [-0.39, 0.29) is 48.3 Å². The maximum Gasteiger partial charge on any atom is 0.275 e. The Morgan fingerprint density at radius 1 is 1.19 bits per heavy atom. The van der Waals surface area contributed by atoms with Gasteiger partial charge in [0, 0.05) is 50.3 Å². The summed E-state index contributed by atoms with van der Waals surface area (Å²) in [4.78, 5) is 32.2. The Bertz CT molecular complexity index is 1390. The number of amides is 1. The number of ketones is 1. The van der Waals surface area contributed by atoms with Gasteiger partial charge in [0.25, 0.3) is 5.91 Å². The zero-order valence-electron chi connectivity index (χ0n) is 24.2. The van der Waals surface area contributed by atoms with E-state index in [0.29, 0.717) is 43.9 Å². The minimum atomic E-state index is -1.07. The summed E-state index contributed by atoms with van der Waals surface area (Å²) >= 11 is 0. The number of ether oxygens (including phenoxy) is 2. The molecule has 42 heavy (non-hydrogen) atoms. The van der Waals surface area contributed by atoms with Crippen LogP contribution in [0, 0.1) is 5.82 Å². The van der Waals surface area contributed by atoms with Gasteiger partial charge in [-0.1, -0.05) is 43.2 Å². The summed E-state index contributed by atoms with van der Waals surface area (Å²) in [5, 5.41) is 15.0. The second-order valence-electron chi connectivity index (χ2n) is 11.2. The van der Waals surface area contributed by atoms with Crippen molar-refractivity contribution < 1.29 is 28.6 Å². The van der Waals surface area contributed by atoms with E-state index >= 15 is 0 Å². The molecule has 9 nitrogen and oxygen atoms in total. The van der Waals surface area contributed by atoms with Crippen LogP contribution in [-0.2, 0) is 4.74 Å². The highest BCUT2D eigenvalue weighted by Crippen LogP contribution is 2.41. The molecule has 2 aliphatic rings. The molecule has 2 heterocycles. The molecular weight excluding hydrogens is 539 g/mol. The second-order valence-corrected chi connectivity index (χ2v) is 11.2.